The van der Waals surface area contributed by atoms with Crippen molar-refractivity contribution in [1.29, 1.82) is 0 Å². The van der Waals surface area contributed by atoms with Gasteiger partial charge in [-0.3, -0.25) is 10.2 Å². The van der Waals surface area contributed by atoms with Crippen LogP contribution in [0.2, 0.25) is 5.02 Å². The molecule has 3 aliphatic rings. The lowest BCUT2D eigenvalue weighted by Gasteiger charge is -2.47. The Morgan fingerprint density at radius 2 is 1.65 bits per heavy atom. The molecule has 0 bridgehead atoms. The number of ether oxygens (including phenoxy) is 5. The third-order valence-corrected chi connectivity index (χ3v) is 13.6. The van der Waals surface area contributed by atoms with E-state index < -0.39 is 57.1 Å². The van der Waals surface area contributed by atoms with Crippen LogP contribution in [0.4, 0.5) is 39.8 Å². The fourth-order valence-corrected chi connectivity index (χ4v) is 10.0. The monoisotopic (exact) mass is 1010 g/mol. The van der Waals surface area contributed by atoms with Crippen molar-refractivity contribution < 1.29 is 46.0 Å². The van der Waals surface area contributed by atoms with Crippen LogP contribution in [0.25, 0.3) is 22.2 Å². The van der Waals surface area contributed by atoms with Crippen LogP contribution in [0.3, 0.4) is 0 Å². The van der Waals surface area contributed by atoms with E-state index in [1.165, 1.54) is 19.2 Å². The van der Waals surface area contributed by atoms with Crippen LogP contribution in [0, 0.1) is 12.7 Å². The van der Waals surface area contributed by atoms with Crippen molar-refractivity contribution in [2.75, 3.05) is 62.2 Å². The van der Waals surface area contributed by atoms with Gasteiger partial charge in [-0.2, -0.15) is 23.1 Å². The quantitative estimate of drug-likeness (QED) is 0.0819. The summed E-state index contributed by atoms with van der Waals surface area (Å²) in [7, 11) is 3.11. The zero-order valence-corrected chi connectivity index (χ0v) is 41.8. The van der Waals surface area contributed by atoms with Crippen molar-refractivity contribution in [3.8, 4) is 34.5 Å². The third-order valence-electron chi connectivity index (χ3n) is 13.3. The number of anilines is 3. The van der Waals surface area contributed by atoms with Gasteiger partial charge in [-0.05, 0) is 101 Å². The van der Waals surface area contributed by atoms with Gasteiger partial charge < -0.3 is 33.5 Å². The molecule has 3 aromatic heterocycles. The molecule has 1 N–H and O–H groups in total. The maximum atomic E-state index is 18.2. The van der Waals surface area contributed by atoms with Gasteiger partial charge in [-0.25, -0.2) is 19.2 Å². The minimum absolute atomic E-state index is 0.00300. The number of hydrogen-bond acceptors (Lipinski definition) is 13. The lowest BCUT2D eigenvalue weighted by atomic mass is 9.85. The molecule has 0 radical (unpaired) electrons. The number of pyridine rings is 2. The molecule has 0 spiro atoms. The molecule has 19 heteroatoms. The first-order valence-electron chi connectivity index (χ1n) is 23.5. The van der Waals surface area contributed by atoms with E-state index in [0.717, 1.165) is 29.7 Å². The van der Waals surface area contributed by atoms with E-state index in [4.69, 9.17) is 45.3 Å². The number of rotatable bonds is 14. The number of alkyl halides is 3. The average molecular weight is 1010 g/mol. The van der Waals surface area contributed by atoms with Crippen molar-refractivity contribution in [3.63, 3.8) is 0 Å². The molecular formula is C53H55ClF4N8O6. The second-order valence-corrected chi connectivity index (χ2v) is 19.7. The number of carbonyl (C=O) groups is 1. The summed E-state index contributed by atoms with van der Waals surface area (Å²) in [5.41, 5.74) is -1.18. The number of fused-ring (bicyclic) bond motifs is 1. The molecular weight excluding hydrogens is 956 g/mol. The SMILES string of the molecule is C=C1CN2CCC2(COc2nc3c4c(c(Cl)c(-c5nc(N(Cc6ccc(OC)cc6)Cc6ccc(OC)cc6)cc(C)c5C(F)(F)F)c(F)c4n2)OCCN3[C@H](C)c2cccnc2NC(=O)OC(C)(C)C)C1. The van der Waals surface area contributed by atoms with Crippen LogP contribution in [-0.4, -0.2) is 89.1 Å². The summed E-state index contributed by atoms with van der Waals surface area (Å²) in [5.74, 6) is 0.366. The molecule has 3 aliphatic heterocycles. The second-order valence-electron chi connectivity index (χ2n) is 19.4. The highest BCUT2D eigenvalue weighted by atomic mass is 35.5. The number of amides is 1. The standard InChI is InChI=1S/C53H55ClF4N8O6/c1-30-25-52(19-21-65(52)26-30)29-71-49-61-45-40-46(70-23-22-66(48(40)63-49)32(3)37-10-9-20-59-47(37)62-50(67)72-51(4,5)6)42(54)39(43(45)55)44-41(53(56,57)58)31(2)24-38(60-44)64(27-33-11-15-35(68-7)16-12-33)28-34-13-17-36(69-8)18-14-34/h9-18,20,24,32H,1,19,21-23,25-29H2,2-8H3,(H,59,62,67)/t32-,52?/m1/s1. The lowest BCUT2D eigenvalue weighted by molar-refractivity contribution is -0.137. The van der Waals surface area contributed by atoms with Crippen LogP contribution in [-0.2, 0) is 24.0 Å². The number of aromatic nitrogens is 4. The Hall–Kier alpha value is -6.92. The number of hydrogen-bond donors (Lipinski definition) is 1. The predicted molar refractivity (Wildman–Crippen MR) is 267 cm³/mol. The van der Waals surface area contributed by atoms with E-state index in [0.29, 0.717) is 30.0 Å². The number of benzene rings is 3. The fraction of sp³-hybridized carbons (Fsp3) is 0.377. The van der Waals surface area contributed by atoms with Gasteiger partial charge in [0, 0.05) is 37.9 Å². The molecule has 9 rings (SSSR count). The van der Waals surface area contributed by atoms with Crippen molar-refractivity contribution in [3.05, 3.63) is 124 Å². The van der Waals surface area contributed by atoms with E-state index in [9.17, 15) is 4.79 Å². The normalized spacial score (nSPS) is 17.1. The summed E-state index contributed by atoms with van der Waals surface area (Å²) in [6, 6.07) is 18.5. The highest BCUT2D eigenvalue weighted by molar-refractivity contribution is 6.36. The Morgan fingerprint density at radius 3 is 2.24 bits per heavy atom. The van der Waals surface area contributed by atoms with Crippen molar-refractivity contribution in [1.82, 2.24) is 24.8 Å². The number of nitrogens with one attached hydrogen (secondary N) is 1. The zero-order chi connectivity index (χ0) is 51.3. The van der Waals surface area contributed by atoms with Crippen LogP contribution in [0.15, 0.2) is 85.1 Å². The molecule has 0 aliphatic carbocycles. The third kappa shape index (κ3) is 9.98. The molecule has 2 saturated heterocycles. The number of methoxy groups -OCH3 is 2. The van der Waals surface area contributed by atoms with Gasteiger partial charge in [0.15, 0.2) is 11.6 Å². The largest absolute Gasteiger partial charge is 0.497 e. The first kappa shape index (κ1) is 50.0. The highest BCUT2D eigenvalue weighted by Crippen LogP contribution is 2.52. The van der Waals surface area contributed by atoms with Gasteiger partial charge in [0.25, 0.3) is 0 Å². The Morgan fingerprint density at radius 1 is 0.986 bits per heavy atom. The minimum atomic E-state index is -5.02. The van der Waals surface area contributed by atoms with Crippen molar-refractivity contribution in [2.45, 2.75) is 83.9 Å². The maximum absolute atomic E-state index is 18.2. The van der Waals surface area contributed by atoms with Gasteiger partial charge in [0.1, 0.15) is 53.3 Å². The van der Waals surface area contributed by atoms with Crippen LogP contribution in [0.5, 0.6) is 23.3 Å². The summed E-state index contributed by atoms with van der Waals surface area (Å²) < 4.78 is 94.1. The van der Waals surface area contributed by atoms with Gasteiger partial charge in [-0.1, -0.05) is 54.1 Å². The fourth-order valence-electron chi connectivity index (χ4n) is 9.72. The molecule has 3 aromatic carbocycles. The summed E-state index contributed by atoms with van der Waals surface area (Å²) in [4.78, 5) is 37.6. The number of carbonyl (C=O) groups excluding carboxylic acids is 1. The smallest absolute Gasteiger partial charge is 0.418 e. The van der Waals surface area contributed by atoms with Gasteiger partial charge in [0.2, 0.25) is 0 Å². The van der Waals surface area contributed by atoms with E-state index in [1.807, 2.05) is 36.1 Å². The van der Waals surface area contributed by atoms with E-state index in [2.05, 4.69) is 26.8 Å². The van der Waals surface area contributed by atoms with Gasteiger partial charge in [-0.15, -0.1) is 0 Å². The topological polar surface area (TPSA) is 137 Å². The minimum Gasteiger partial charge on any atom is -0.497 e. The molecule has 2 atom stereocenters. The van der Waals surface area contributed by atoms with Crippen LogP contribution < -0.4 is 34.1 Å². The summed E-state index contributed by atoms with van der Waals surface area (Å²) >= 11 is 7.25. The highest BCUT2D eigenvalue weighted by Gasteiger charge is 2.50. The number of nitrogens with zero attached hydrogens (tertiary/aromatic N) is 7. The van der Waals surface area contributed by atoms with Gasteiger partial charge >= 0.3 is 18.3 Å². The molecule has 378 valence electrons. The molecule has 0 saturated carbocycles. The maximum Gasteiger partial charge on any atom is 0.418 e. The Labute approximate surface area is 419 Å². The van der Waals surface area contributed by atoms with E-state index in [-0.39, 0.29) is 78.6 Å². The molecule has 6 aromatic rings. The summed E-state index contributed by atoms with van der Waals surface area (Å²) in [6.07, 6.45) is -2.71. The van der Waals surface area contributed by atoms with Crippen LogP contribution in [0.1, 0.15) is 74.4 Å². The van der Waals surface area contributed by atoms with Crippen molar-refractivity contribution >= 4 is 46.1 Å². The first-order chi connectivity index (χ1) is 34.3. The summed E-state index contributed by atoms with van der Waals surface area (Å²) in [5, 5.41) is 2.30. The molecule has 14 nitrogen and oxygen atoms in total. The van der Waals surface area contributed by atoms with E-state index in [1.54, 1.807) is 76.3 Å². The number of halogens is 5. The number of aryl methyl sites for hydroxylation is 1. The summed E-state index contributed by atoms with van der Waals surface area (Å²) in [6.45, 7) is 14.7. The molecule has 1 amide bonds. The molecule has 2 fully saturated rings. The second kappa shape index (κ2) is 19.6. The van der Waals surface area contributed by atoms with Crippen LogP contribution >= 0.6 is 11.6 Å². The van der Waals surface area contributed by atoms with Gasteiger partial charge in [0.05, 0.1) is 59.6 Å². The lowest BCUT2D eigenvalue weighted by Crippen LogP contribution is -2.59. The Bertz CT molecular complexity index is 3000. The zero-order valence-electron chi connectivity index (χ0n) is 41.0. The molecule has 1 unspecified atom stereocenters. The van der Waals surface area contributed by atoms with Crippen molar-refractivity contribution in [2.24, 2.45) is 0 Å². The van der Waals surface area contributed by atoms with E-state index >= 15 is 17.6 Å². The molecule has 72 heavy (non-hydrogen) atoms. The molecule has 6 heterocycles. The Kier molecular flexibility index (Phi) is 13.6. The average Bonchev–Trinajstić information content (AvgIpc) is 3.42. The predicted octanol–water partition coefficient (Wildman–Crippen LogP) is 11.5. The Balaban J connectivity index is 1.22. The first-order valence-corrected chi connectivity index (χ1v) is 23.8.